The standard InChI is InChI=1S/C24H39ClN4O3S/c1-16(2)20(21(30)32-9)24(8,28-33(31)22(3,4)5)18-11-10-17(19(25)14-18)12-13-23(6,7)15-27-29-26/h10-11,14,16,20,28H,12-13,15H2,1-9H3/t20?,24-,33-/m0/s1. The monoisotopic (exact) mass is 498 g/mol. The number of esters is 1. The lowest BCUT2D eigenvalue weighted by Gasteiger charge is -2.41. The number of nitrogens with one attached hydrogen (secondary N) is 1. The number of hydrogen-bond donors (Lipinski definition) is 1. The Balaban J connectivity index is 3.40. The van der Waals surface area contributed by atoms with Crippen LogP contribution in [-0.2, 0) is 32.9 Å². The molecule has 0 radical (unpaired) electrons. The average molecular weight is 499 g/mol. The van der Waals surface area contributed by atoms with Crippen molar-refractivity contribution in [3.8, 4) is 0 Å². The molecule has 0 aliphatic rings. The molecule has 0 aliphatic carbocycles. The zero-order valence-electron chi connectivity index (χ0n) is 21.4. The lowest BCUT2D eigenvalue weighted by molar-refractivity contribution is -0.150. The highest BCUT2D eigenvalue weighted by molar-refractivity contribution is 7.90. The van der Waals surface area contributed by atoms with Crippen molar-refractivity contribution in [3.63, 3.8) is 0 Å². The molecule has 0 amide bonds. The Morgan fingerprint density at radius 1 is 1.27 bits per heavy atom. The molecule has 1 rings (SSSR count). The maximum Gasteiger partial charge on any atom is 0.311 e. The van der Waals surface area contributed by atoms with Crippen LogP contribution in [0.4, 0.5) is 0 Å². The second-order valence-corrected chi connectivity index (χ2v) is 13.2. The second kappa shape index (κ2) is 11.8. The molecule has 0 heterocycles. The fraction of sp³-hybridized carbons (Fsp3) is 0.708. The van der Waals surface area contributed by atoms with Crippen molar-refractivity contribution in [2.75, 3.05) is 13.7 Å². The summed E-state index contributed by atoms with van der Waals surface area (Å²) in [7, 11) is 1.37. The smallest absolute Gasteiger partial charge is 0.311 e. The predicted octanol–water partition coefficient (Wildman–Crippen LogP) is 6.32. The number of ether oxygens (including phenoxy) is 1. The fourth-order valence-corrected chi connectivity index (χ4v) is 5.01. The number of benzene rings is 1. The molecule has 1 unspecified atom stereocenters. The van der Waals surface area contributed by atoms with E-state index in [1.807, 2.05) is 59.7 Å². The van der Waals surface area contributed by atoms with E-state index in [4.69, 9.17) is 21.9 Å². The fourth-order valence-electron chi connectivity index (χ4n) is 3.80. The van der Waals surface area contributed by atoms with Gasteiger partial charge in [-0.25, -0.2) is 0 Å². The van der Waals surface area contributed by atoms with Crippen LogP contribution in [0.3, 0.4) is 0 Å². The lowest BCUT2D eigenvalue weighted by Crippen LogP contribution is -2.56. The minimum absolute atomic E-state index is 0.0770. The van der Waals surface area contributed by atoms with E-state index in [9.17, 15) is 9.35 Å². The number of methoxy groups -OCH3 is 1. The first-order chi connectivity index (χ1) is 15.1. The van der Waals surface area contributed by atoms with Crippen LogP contribution >= 0.6 is 11.6 Å². The molecule has 1 aromatic rings. The zero-order valence-corrected chi connectivity index (χ0v) is 22.9. The third kappa shape index (κ3) is 8.08. The Bertz CT molecular complexity index is 866. The van der Waals surface area contributed by atoms with Gasteiger partial charge in [0.2, 0.25) is 0 Å². The molecule has 3 atom stereocenters. The third-order valence-corrected chi connectivity index (χ3v) is 7.96. The summed E-state index contributed by atoms with van der Waals surface area (Å²) in [5.74, 6) is -1.03. The van der Waals surface area contributed by atoms with Crippen molar-refractivity contribution >= 4 is 28.9 Å². The van der Waals surface area contributed by atoms with Crippen LogP contribution in [0.1, 0.15) is 72.9 Å². The molecular weight excluding hydrogens is 460 g/mol. The van der Waals surface area contributed by atoms with Gasteiger partial charge in [0, 0.05) is 27.8 Å². The number of halogens is 1. The van der Waals surface area contributed by atoms with E-state index in [0.29, 0.717) is 11.6 Å². The molecule has 1 aromatic carbocycles. The van der Waals surface area contributed by atoms with Gasteiger partial charge in [0.1, 0.15) is 4.75 Å². The van der Waals surface area contributed by atoms with Gasteiger partial charge in [0.15, 0.2) is 0 Å². The molecule has 9 heteroatoms. The summed E-state index contributed by atoms with van der Waals surface area (Å²) < 4.78 is 21.0. The van der Waals surface area contributed by atoms with Crippen molar-refractivity contribution in [2.24, 2.45) is 22.4 Å². The van der Waals surface area contributed by atoms with Gasteiger partial charge in [-0.15, -0.1) is 4.72 Å². The van der Waals surface area contributed by atoms with Gasteiger partial charge in [0.25, 0.3) is 0 Å². The van der Waals surface area contributed by atoms with Crippen LogP contribution in [0.15, 0.2) is 23.3 Å². The van der Waals surface area contributed by atoms with E-state index in [0.717, 1.165) is 24.0 Å². The van der Waals surface area contributed by atoms with Crippen LogP contribution in [0, 0.1) is 17.3 Å². The summed E-state index contributed by atoms with van der Waals surface area (Å²) in [5, 5.41) is 4.28. The number of carbonyl (C=O) groups is 1. The number of rotatable bonds is 11. The van der Waals surface area contributed by atoms with E-state index in [2.05, 4.69) is 28.6 Å². The molecular formula is C24H39ClN4O3S. The first-order valence-corrected chi connectivity index (χ1v) is 12.7. The summed E-state index contributed by atoms with van der Waals surface area (Å²) in [6.45, 7) is 15.9. The molecule has 0 saturated carbocycles. The number of hydrogen-bond acceptors (Lipinski definition) is 5. The van der Waals surface area contributed by atoms with Crippen LogP contribution in [0.2, 0.25) is 5.02 Å². The molecule has 186 valence electrons. The van der Waals surface area contributed by atoms with E-state index >= 15 is 0 Å². The maximum absolute atomic E-state index is 13.1. The summed E-state index contributed by atoms with van der Waals surface area (Å²) in [6.07, 6.45) is 1.52. The Hall–Kier alpha value is -1.44. The highest BCUT2D eigenvalue weighted by Crippen LogP contribution is 2.39. The molecule has 7 nitrogen and oxygen atoms in total. The molecule has 0 bridgehead atoms. The molecule has 1 N–H and O–H groups in total. The lowest BCUT2D eigenvalue weighted by atomic mass is 9.74. The van der Waals surface area contributed by atoms with E-state index in [-0.39, 0.29) is 17.3 Å². The number of aryl methyl sites for hydroxylation is 1. The Labute approximate surface area is 206 Å². The van der Waals surface area contributed by atoms with Crippen molar-refractivity contribution in [2.45, 2.75) is 78.5 Å². The van der Waals surface area contributed by atoms with Crippen LogP contribution in [0.5, 0.6) is 0 Å². The number of nitrogens with zero attached hydrogens (tertiary/aromatic N) is 3. The summed E-state index contributed by atoms with van der Waals surface area (Å²) in [4.78, 5) is 15.7. The van der Waals surface area contributed by atoms with Gasteiger partial charge < -0.3 is 9.29 Å². The summed E-state index contributed by atoms with van der Waals surface area (Å²) in [6, 6.07) is 5.74. The highest BCUT2D eigenvalue weighted by atomic mass is 35.5. The second-order valence-electron chi connectivity index (χ2n) is 10.8. The normalized spacial score (nSPS) is 16.0. The van der Waals surface area contributed by atoms with Gasteiger partial charge in [0.05, 0.1) is 18.6 Å². The van der Waals surface area contributed by atoms with Crippen LogP contribution in [-0.4, -0.2) is 28.9 Å². The number of azide groups is 1. The molecule has 0 saturated heterocycles. The largest absolute Gasteiger partial charge is 0.598 e. The molecule has 0 aromatic heterocycles. The maximum atomic E-state index is 13.1. The van der Waals surface area contributed by atoms with E-state index in [1.54, 1.807) is 0 Å². The van der Waals surface area contributed by atoms with E-state index in [1.165, 1.54) is 7.11 Å². The summed E-state index contributed by atoms with van der Waals surface area (Å²) in [5.41, 5.74) is 9.21. The quantitative estimate of drug-likeness (QED) is 0.126. The highest BCUT2D eigenvalue weighted by Gasteiger charge is 2.48. The van der Waals surface area contributed by atoms with Gasteiger partial charge >= 0.3 is 5.97 Å². The van der Waals surface area contributed by atoms with Crippen molar-refractivity contribution < 1.29 is 14.1 Å². The van der Waals surface area contributed by atoms with E-state index < -0.39 is 27.6 Å². The molecule has 0 spiro atoms. The molecule has 0 fully saturated rings. The molecule has 0 aliphatic heterocycles. The molecule has 33 heavy (non-hydrogen) atoms. The van der Waals surface area contributed by atoms with Gasteiger partial charge in [-0.3, -0.25) is 4.79 Å². The topological polar surface area (TPSA) is 110 Å². The average Bonchev–Trinajstić information content (AvgIpc) is 2.70. The first kappa shape index (κ1) is 29.6. The minimum Gasteiger partial charge on any atom is -0.598 e. The number of carbonyl (C=O) groups excluding carboxylic acids is 1. The Kier molecular flexibility index (Phi) is 10.6. The van der Waals surface area contributed by atoms with Crippen LogP contribution < -0.4 is 4.72 Å². The van der Waals surface area contributed by atoms with Crippen molar-refractivity contribution in [1.29, 1.82) is 0 Å². The van der Waals surface area contributed by atoms with Crippen molar-refractivity contribution in [3.05, 3.63) is 44.8 Å². The summed E-state index contributed by atoms with van der Waals surface area (Å²) >= 11 is 5.26. The zero-order chi connectivity index (χ0) is 25.6. The van der Waals surface area contributed by atoms with Crippen molar-refractivity contribution in [1.82, 2.24) is 4.72 Å². The van der Waals surface area contributed by atoms with Gasteiger partial charge in [-0.1, -0.05) is 56.5 Å². The van der Waals surface area contributed by atoms with Crippen LogP contribution in [0.25, 0.3) is 10.4 Å². The van der Waals surface area contributed by atoms with Gasteiger partial charge in [-0.2, -0.15) is 0 Å². The SMILES string of the molecule is COC(=O)C(C(C)C)[C@@](C)(N[S@@+]([O-])C(C)(C)C)c1ccc(CCC(C)(C)CN=[N+]=[N-])c(Cl)c1. The third-order valence-electron chi connectivity index (χ3n) is 5.89. The Morgan fingerprint density at radius 3 is 2.33 bits per heavy atom. The Morgan fingerprint density at radius 2 is 1.88 bits per heavy atom. The first-order valence-electron chi connectivity index (χ1n) is 11.2. The predicted molar refractivity (Wildman–Crippen MR) is 136 cm³/mol. The van der Waals surface area contributed by atoms with Gasteiger partial charge in [-0.05, 0) is 74.6 Å². The minimum atomic E-state index is -1.43.